The van der Waals surface area contributed by atoms with Crippen molar-refractivity contribution < 1.29 is 4.79 Å². The van der Waals surface area contributed by atoms with Gasteiger partial charge in [-0.15, -0.1) is 0 Å². The zero-order valence-corrected chi connectivity index (χ0v) is 12.1. The van der Waals surface area contributed by atoms with Crippen molar-refractivity contribution in [1.82, 2.24) is 9.47 Å². The normalized spacial score (nSPS) is 13.9. The first kappa shape index (κ1) is 13.6. The van der Waals surface area contributed by atoms with Crippen LogP contribution in [-0.4, -0.2) is 21.9 Å². The molecule has 0 fully saturated rings. The van der Waals surface area contributed by atoms with Crippen LogP contribution in [0, 0.1) is 6.92 Å². The minimum atomic E-state index is -0.0942. The second-order valence-corrected chi connectivity index (χ2v) is 5.46. The molecule has 0 atom stereocenters. The van der Waals surface area contributed by atoms with Crippen LogP contribution >= 0.6 is 0 Å². The standard InChI is InChI=1S/C17H18N2O2/c1-13-5-4-9-19(17(13)21)12-16(20)18-10-8-14-6-2-3-7-15(14)11-18/h2-7,9H,8,10-12H2,1H3. The van der Waals surface area contributed by atoms with E-state index in [2.05, 4.69) is 12.1 Å². The molecule has 0 radical (unpaired) electrons. The molecule has 2 heterocycles. The van der Waals surface area contributed by atoms with Gasteiger partial charge in [-0.05, 0) is 30.5 Å². The lowest BCUT2D eigenvalue weighted by Gasteiger charge is -2.29. The van der Waals surface area contributed by atoms with Crippen LogP contribution in [0.25, 0.3) is 0 Å². The summed E-state index contributed by atoms with van der Waals surface area (Å²) in [5.41, 5.74) is 3.08. The zero-order chi connectivity index (χ0) is 14.8. The molecule has 1 aromatic carbocycles. The van der Waals surface area contributed by atoms with Crippen molar-refractivity contribution >= 4 is 5.91 Å². The Labute approximate surface area is 123 Å². The van der Waals surface area contributed by atoms with Crippen LogP contribution < -0.4 is 5.56 Å². The van der Waals surface area contributed by atoms with Crippen molar-refractivity contribution in [3.8, 4) is 0 Å². The topological polar surface area (TPSA) is 42.3 Å². The second kappa shape index (κ2) is 5.56. The molecule has 2 aromatic rings. The number of rotatable bonds is 2. The molecule has 3 rings (SSSR count). The molecule has 4 heteroatoms. The number of pyridine rings is 1. The van der Waals surface area contributed by atoms with Gasteiger partial charge in [0.25, 0.3) is 5.56 Å². The number of carbonyl (C=O) groups is 1. The molecule has 1 aliphatic heterocycles. The van der Waals surface area contributed by atoms with Gasteiger partial charge in [0.05, 0.1) is 0 Å². The number of hydrogen-bond acceptors (Lipinski definition) is 2. The molecule has 108 valence electrons. The quantitative estimate of drug-likeness (QED) is 0.842. The summed E-state index contributed by atoms with van der Waals surface area (Å²) in [7, 11) is 0. The highest BCUT2D eigenvalue weighted by atomic mass is 16.2. The fourth-order valence-corrected chi connectivity index (χ4v) is 2.74. The van der Waals surface area contributed by atoms with Crippen LogP contribution in [0.2, 0.25) is 0 Å². The van der Waals surface area contributed by atoms with E-state index in [4.69, 9.17) is 0 Å². The molecule has 0 unspecified atom stereocenters. The summed E-state index contributed by atoms with van der Waals surface area (Å²) in [6, 6.07) is 11.8. The minimum Gasteiger partial charge on any atom is -0.336 e. The number of hydrogen-bond donors (Lipinski definition) is 0. The number of nitrogens with zero attached hydrogens (tertiary/aromatic N) is 2. The Morgan fingerprint density at radius 2 is 1.90 bits per heavy atom. The highest BCUT2D eigenvalue weighted by molar-refractivity contribution is 5.76. The smallest absolute Gasteiger partial charge is 0.253 e. The molecule has 0 N–H and O–H groups in total. The Balaban J connectivity index is 1.75. The first-order valence-corrected chi connectivity index (χ1v) is 7.16. The highest BCUT2D eigenvalue weighted by Gasteiger charge is 2.20. The highest BCUT2D eigenvalue weighted by Crippen LogP contribution is 2.18. The Morgan fingerprint density at radius 1 is 1.14 bits per heavy atom. The van der Waals surface area contributed by atoms with Crippen LogP contribution in [0.4, 0.5) is 0 Å². The maximum absolute atomic E-state index is 12.4. The van der Waals surface area contributed by atoms with Gasteiger partial charge in [-0.25, -0.2) is 0 Å². The molecular weight excluding hydrogens is 264 g/mol. The molecule has 1 aliphatic rings. The molecule has 0 spiro atoms. The Bertz CT molecular complexity index is 734. The number of aryl methyl sites for hydroxylation is 1. The maximum Gasteiger partial charge on any atom is 0.253 e. The average molecular weight is 282 g/mol. The summed E-state index contributed by atoms with van der Waals surface area (Å²) in [4.78, 5) is 26.2. The first-order chi connectivity index (χ1) is 10.1. The van der Waals surface area contributed by atoms with E-state index in [0.717, 1.165) is 13.0 Å². The molecule has 21 heavy (non-hydrogen) atoms. The summed E-state index contributed by atoms with van der Waals surface area (Å²) in [5, 5.41) is 0. The summed E-state index contributed by atoms with van der Waals surface area (Å²) in [6.45, 7) is 3.23. The van der Waals surface area contributed by atoms with Crippen molar-refractivity contribution in [2.45, 2.75) is 26.4 Å². The summed E-state index contributed by atoms with van der Waals surface area (Å²) in [6.07, 6.45) is 2.55. The van der Waals surface area contributed by atoms with Gasteiger partial charge in [-0.2, -0.15) is 0 Å². The van der Waals surface area contributed by atoms with Crippen LogP contribution in [-0.2, 0) is 24.3 Å². The Kier molecular flexibility index (Phi) is 3.60. The lowest BCUT2D eigenvalue weighted by Crippen LogP contribution is -2.39. The maximum atomic E-state index is 12.4. The summed E-state index contributed by atoms with van der Waals surface area (Å²) >= 11 is 0. The van der Waals surface area contributed by atoms with Gasteiger partial charge in [-0.1, -0.05) is 30.3 Å². The van der Waals surface area contributed by atoms with E-state index in [1.54, 1.807) is 25.3 Å². The van der Waals surface area contributed by atoms with Crippen LogP contribution in [0.15, 0.2) is 47.4 Å². The minimum absolute atomic E-state index is 0.00259. The fraction of sp³-hybridized carbons (Fsp3) is 0.294. The third-order valence-corrected chi connectivity index (χ3v) is 4.00. The van der Waals surface area contributed by atoms with E-state index >= 15 is 0 Å². The van der Waals surface area contributed by atoms with Crippen LogP contribution in [0.5, 0.6) is 0 Å². The van der Waals surface area contributed by atoms with E-state index in [9.17, 15) is 9.59 Å². The van der Waals surface area contributed by atoms with Crippen LogP contribution in [0.3, 0.4) is 0 Å². The van der Waals surface area contributed by atoms with Gasteiger partial charge >= 0.3 is 0 Å². The third kappa shape index (κ3) is 2.75. The van der Waals surface area contributed by atoms with Gasteiger partial charge in [0.15, 0.2) is 0 Å². The lowest BCUT2D eigenvalue weighted by atomic mass is 10.00. The Morgan fingerprint density at radius 3 is 2.71 bits per heavy atom. The van der Waals surface area contributed by atoms with Crippen molar-refractivity contribution in [2.75, 3.05) is 6.54 Å². The Hall–Kier alpha value is -2.36. The van der Waals surface area contributed by atoms with E-state index in [0.29, 0.717) is 12.1 Å². The molecule has 0 bridgehead atoms. The molecule has 4 nitrogen and oxygen atoms in total. The SMILES string of the molecule is Cc1cccn(CC(=O)N2CCc3ccccc3C2)c1=O. The lowest BCUT2D eigenvalue weighted by molar-refractivity contribution is -0.132. The van der Waals surface area contributed by atoms with Crippen molar-refractivity contribution in [3.63, 3.8) is 0 Å². The molecule has 0 aliphatic carbocycles. The van der Waals surface area contributed by atoms with Crippen LogP contribution in [0.1, 0.15) is 16.7 Å². The van der Waals surface area contributed by atoms with E-state index in [1.165, 1.54) is 15.7 Å². The monoisotopic (exact) mass is 282 g/mol. The number of benzene rings is 1. The van der Waals surface area contributed by atoms with E-state index < -0.39 is 0 Å². The number of amides is 1. The predicted molar refractivity (Wildman–Crippen MR) is 81.0 cm³/mol. The molecule has 0 saturated carbocycles. The summed E-state index contributed by atoms with van der Waals surface area (Å²) in [5.74, 6) is -0.00259. The predicted octanol–water partition coefficient (Wildman–Crippen LogP) is 1.74. The summed E-state index contributed by atoms with van der Waals surface area (Å²) < 4.78 is 1.48. The number of carbonyl (C=O) groups excluding carboxylic acids is 1. The van der Waals surface area contributed by atoms with Crippen molar-refractivity contribution in [2.24, 2.45) is 0 Å². The molecule has 0 saturated heterocycles. The van der Waals surface area contributed by atoms with Gasteiger partial charge in [0.1, 0.15) is 6.54 Å². The first-order valence-electron chi connectivity index (χ1n) is 7.16. The second-order valence-electron chi connectivity index (χ2n) is 5.46. The largest absolute Gasteiger partial charge is 0.336 e. The number of fused-ring (bicyclic) bond motifs is 1. The third-order valence-electron chi connectivity index (χ3n) is 4.00. The van der Waals surface area contributed by atoms with E-state index in [-0.39, 0.29) is 18.0 Å². The van der Waals surface area contributed by atoms with E-state index in [1.807, 2.05) is 17.0 Å². The number of aromatic nitrogens is 1. The molecule has 1 amide bonds. The zero-order valence-electron chi connectivity index (χ0n) is 12.1. The molecule has 1 aromatic heterocycles. The van der Waals surface area contributed by atoms with Gasteiger partial charge in [0, 0.05) is 24.8 Å². The van der Waals surface area contributed by atoms with Gasteiger partial charge in [0.2, 0.25) is 5.91 Å². The fourth-order valence-electron chi connectivity index (χ4n) is 2.74. The van der Waals surface area contributed by atoms with Crippen molar-refractivity contribution in [1.29, 1.82) is 0 Å². The van der Waals surface area contributed by atoms with Gasteiger partial charge in [-0.3, -0.25) is 9.59 Å². The van der Waals surface area contributed by atoms with Gasteiger partial charge < -0.3 is 9.47 Å². The van der Waals surface area contributed by atoms with Crippen molar-refractivity contribution in [3.05, 3.63) is 69.6 Å². The molecular formula is C17H18N2O2. The average Bonchev–Trinajstić information content (AvgIpc) is 2.51.